The van der Waals surface area contributed by atoms with Gasteiger partial charge in [-0.15, -0.1) is 33.3 Å². The molecule has 0 unspecified atom stereocenters. The van der Waals surface area contributed by atoms with Crippen LogP contribution in [0.3, 0.4) is 0 Å². The van der Waals surface area contributed by atoms with Crippen molar-refractivity contribution in [1.82, 2.24) is 14.8 Å². The topological polar surface area (TPSA) is 86.1 Å². The van der Waals surface area contributed by atoms with Crippen LogP contribution in [0.5, 0.6) is 0 Å². The molecule has 2 heterocycles. The quantitative estimate of drug-likeness (QED) is 0.334. The van der Waals surface area contributed by atoms with E-state index < -0.39 is 5.97 Å². The Bertz CT molecular complexity index is 1110. The second kappa shape index (κ2) is 11.0. The number of anilines is 1. The fourth-order valence-corrected chi connectivity index (χ4v) is 5.51. The largest absolute Gasteiger partial charge is 0.462 e. The van der Waals surface area contributed by atoms with Crippen molar-refractivity contribution in [3.8, 4) is 0 Å². The molecule has 7 nitrogen and oxygen atoms in total. The van der Waals surface area contributed by atoms with Crippen molar-refractivity contribution >= 4 is 51.7 Å². The third-order valence-electron chi connectivity index (χ3n) is 4.76. The highest BCUT2D eigenvalue weighted by molar-refractivity contribution is 7.99. The summed E-state index contributed by atoms with van der Waals surface area (Å²) < 4.78 is 7.05. The van der Waals surface area contributed by atoms with Crippen LogP contribution in [-0.2, 0) is 22.3 Å². The average molecular weight is 491 g/mol. The Kier molecular flexibility index (Phi) is 8.38. The summed E-state index contributed by atoms with van der Waals surface area (Å²) in [7, 11) is 1.90. The molecular weight excluding hydrogens is 464 g/mol. The van der Waals surface area contributed by atoms with Gasteiger partial charge < -0.3 is 14.6 Å². The van der Waals surface area contributed by atoms with Gasteiger partial charge in [0.1, 0.15) is 10.8 Å². The van der Waals surface area contributed by atoms with Crippen LogP contribution in [0, 0.1) is 20.8 Å². The fraction of sp³-hybridized carbons (Fsp3) is 0.364. The van der Waals surface area contributed by atoms with Crippen molar-refractivity contribution < 1.29 is 14.3 Å². The molecule has 0 radical (unpaired) electrons. The Morgan fingerprint density at radius 2 is 1.84 bits per heavy atom. The minimum Gasteiger partial charge on any atom is -0.462 e. The van der Waals surface area contributed by atoms with Crippen molar-refractivity contribution in [2.75, 3.05) is 17.7 Å². The van der Waals surface area contributed by atoms with Gasteiger partial charge in [-0.05, 0) is 45.4 Å². The molecule has 0 aliphatic carbocycles. The molecule has 0 aliphatic rings. The standard InChI is InChI=1S/C22H26N4O3S3/c1-6-29-21(28)19-14(3)15(4)32-20(19)23-18(27)12-31-22-25-24-17(26(22)5)11-30-16-9-7-13(2)8-10-16/h7-10H,6,11-12H2,1-5H3,(H,23,27). The molecule has 10 heteroatoms. The summed E-state index contributed by atoms with van der Waals surface area (Å²) in [4.78, 5) is 27.0. The molecule has 0 fully saturated rings. The highest BCUT2D eigenvalue weighted by Crippen LogP contribution is 2.33. The molecule has 2 aromatic heterocycles. The second-order valence-corrected chi connectivity index (χ2v) is 10.3. The Hall–Kier alpha value is -2.30. The predicted octanol–water partition coefficient (Wildman–Crippen LogP) is 5.00. The number of hydrogen-bond donors (Lipinski definition) is 1. The molecule has 0 aliphatic heterocycles. The van der Waals surface area contributed by atoms with E-state index in [1.54, 1.807) is 18.7 Å². The van der Waals surface area contributed by atoms with E-state index in [9.17, 15) is 9.59 Å². The van der Waals surface area contributed by atoms with E-state index in [0.717, 1.165) is 16.3 Å². The molecule has 3 aromatic rings. The summed E-state index contributed by atoms with van der Waals surface area (Å²) in [5.41, 5.74) is 2.49. The number of nitrogens with one attached hydrogen (secondary N) is 1. The Morgan fingerprint density at radius 1 is 1.12 bits per heavy atom. The van der Waals surface area contributed by atoms with Crippen LogP contribution in [-0.4, -0.2) is 39.0 Å². The van der Waals surface area contributed by atoms with Crippen molar-refractivity contribution in [2.24, 2.45) is 7.05 Å². The summed E-state index contributed by atoms with van der Waals surface area (Å²) in [5, 5.41) is 12.5. The molecule has 0 saturated heterocycles. The third-order valence-corrected chi connectivity index (χ3v) is 7.92. The number of benzene rings is 1. The van der Waals surface area contributed by atoms with Crippen LogP contribution in [0.15, 0.2) is 34.3 Å². The highest BCUT2D eigenvalue weighted by Gasteiger charge is 2.22. The van der Waals surface area contributed by atoms with Gasteiger partial charge in [0.05, 0.1) is 23.7 Å². The predicted molar refractivity (Wildman–Crippen MR) is 131 cm³/mol. The normalized spacial score (nSPS) is 10.9. The first-order valence-corrected chi connectivity index (χ1v) is 12.9. The van der Waals surface area contributed by atoms with Crippen LogP contribution < -0.4 is 5.32 Å². The fourth-order valence-electron chi connectivity index (χ4n) is 2.84. The Balaban J connectivity index is 1.58. The molecule has 0 saturated carbocycles. The Labute approximate surface area is 200 Å². The molecule has 0 bridgehead atoms. The number of thioether (sulfide) groups is 2. The van der Waals surface area contributed by atoms with Gasteiger partial charge in [-0.3, -0.25) is 4.79 Å². The second-order valence-electron chi connectivity index (χ2n) is 7.10. The molecule has 0 atom stereocenters. The van der Waals surface area contributed by atoms with Gasteiger partial charge in [0.25, 0.3) is 0 Å². The molecule has 1 N–H and O–H groups in total. The molecule has 1 amide bonds. The first-order chi connectivity index (χ1) is 15.3. The van der Waals surface area contributed by atoms with Crippen molar-refractivity contribution in [2.45, 2.75) is 43.5 Å². The van der Waals surface area contributed by atoms with Gasteiger partial charge in [0, 0.05) is 16.8 Å². The smallest absolute Gasteiger partial charge is 0.341 e. The van der Waals surface area contributed by atoms with E-state index in [1.165, 1.54) is 33.6 Å². The van der Waals surface area contributed by atoms with E-state index in [0.29, 0.717) is 21.5 Å². The SMILES string of the molecule is CCOC(=O)c1c(NC(=O)CSc2nnc(CSc3ccc(C)cc3)n2C)sc(C)c1C. The first kappa shape index (κ1) is 24.3. The van der Waals surface area contributed by atoms with Gasteiger partial charge in [0.2, 0.25) is 5.91 Å². The van der Waals surface area contributed by atoms with Gasteiger partial charge in [-0.2, -0.15) is 0 Å². The molecule has 0 spiro atoms. The van der Waals surface area contributed by atoms with Crippen LogP contribution in [0.1, 0.15) is 39.1 Å². The lowest BCUT2D eigenvalue weighted by molar-refractivity contribution is -0.113. The van der Waals surface area contributed by atoms with Crippen LogP contribution in [0.25, 0.3) is 0 Å². The Morgan fingerprint density at radius 3 is 2.53 bits per heavy atom. The average Bonchev–Trinajstić information content (AvgIpc) is 3.24. The van der Waals surface area contributed by atoms with Crippen molar-refractivity contribution in [1.29, 1.82) is 0 Å². The number of aryl methyl sites for hydroxylation is 2. The first-order valence-electron chi connectivity index (χ1n) is 10.1. The minimum atomic E-state index is -0.415. The van der Waals surface area contributed by atoms with Crippen molar-refractivity contribution in [3.05, 3.63) is 51.7 Å². The van der Waals surface area contributed by atoms with E-state index in [-0.39, 0.29) is 18.3 Å². The van der Waals surface area contributed by atoms with Crippen molar-refractivity contribution in [3.63, 3.8) is 0 Å². The summed E-state index contributed by atoms with van der Waals surface area (Å²) >= 11 is 4.38. The number of aromatic nitrogens is 3. The van der Waals surface area contributed by atoms with E-state index in [2.05, 4.69) is 46.7 Å². The van der Waals surface area contributed by atoms with Gasteiger partial charge in [-0.25, -0.2) is 4.79 Å². The molecule has 3 rings (SSSR count). The molecular formula is C22H26N4O3S3. The summed E-state index contributed by atoms with van der Waals surface area (Å²) in [6.07, 6.45) is 0. The highest BCUT2D eigenvalue weighted by atomic mass is 32.2. The minimum absolute atomic E-state index is 0.162. The van der Waals surface area contributed by atoms with E-state index in [1.807, 2.05) is 25.5 Å². The molecule has 1 aromatic carbocycles. The number of carbonyl (C=O) groups is 2. The lowest BCUT2D eigenvalue weighted by Gasteiger charge is -2.07. The number of hydrogen-bond acceptors (Lipinski definition) is 8. The zero-order chi connectivity index (χ0) is 23.3. The zero-order valence-electron chi connectivity index (χ0n) is 18.7. The van der Waals surface area contributed by atoms with Crippen LogP contribution in [0.4, 0.5) is 5.00 Å². The number of amides is 1. The summed E-state index contributed by atoms with van der Waals surface area (Å²) in [6, 6.07) is 8.36. The number of rotatable bonds is 9. The van der Waals surface area contributed by atoms with Crippen LogP contribution >= 0.6 is 34.9 Å². The number of carbonyl (C=O) groups excluding carboxylic acids is 2. The molecule has 170 valence electrons. The number of thiophene rings is 1. The van der Waals surface area contributed by atoms with Gasteiger partial charge >= 0.3 is 5.97 Å². The maximum Gasteiger partial charge on any atom is 0.341 e. The van der Waals surface area contributed by atoms with Crippen LogP contribution in [0.2, 0.25) is 0 Å². The van der Waals surface area contributed by atoms with E-state index in [4.69, 9.17) is 4.74 Å². The maximum atomic E-state index is 12.6. The van der Waals surface area contributed by atoms with E-state index >= 15 is 0 Å². The monoisotopic (exact) mass is 490 g/mol. The maximum absolute atomic E-state index is 12.6. The number of ether oxygens (including phenoxy) is 1. The lowest BCUT2D eigenvalue weighted by atomic mass is 10.1. The number of esters is 1. The summed E-state index contributed by atoms with van der Waals surface area (Å²) in [6.45, 7) is 7.89. The third kappa shape index (κ3) is 5.93. The van der Waals surface area contributed by atoms with Gasteiger partial charge in [-0.1, -0.05) is 29.5 Å². The zero-order valence-corrected chi connectivity index (χ0v) is 21.2. The molecule has 32 heavy (non-hydrogen) atoms. The number of nitrogens with zero attached hydrogens (tertiary/aromatic N) is 3. The lowest BCUT2D eigenvalue weighted by Crippen LogP contribution is -2.16. The summed E-state index contributed by atoms with van der Waals surface area (Å²) in [5.74, 6) is 1.07. The van der Waals surface area contributed by atoms with Gasteiger partial charge in [0.15, 0.2) is 5.16 Å².